The second kappa shape index (κ2) is 6.11. The highest BCUT2D eigenvalue weighted by Crippen LogP contribution is 2.14. The van der Waals surface area contributed by atoms with E-state index >= 15 is 0 Å². The van der Waals surface area contributed by atoms with E-state index in [1.165, 1.54) is 5.56 Å². The molecule has 5 heteroatoms. The van der Waals surface area contributed by atoms with E-state index in [9.17, 15) is 0 Å². The molecule has 0 aliphatic rings. The molecule has 0 fully saturated rings. The van der Waals surface area contributed by atoms with Gasteiger partial charge in [-0.15, -0.1) is 0 Å². The first kappa shape index (κ1) is 13.2. The summed E-state index contributed by atoms with van der Waals surface area (Å²) in [7, 11) is 0. The largest absolute Gasteiger partial charge is 0.338 e. The number of benzene rings is 1. The molecule has 0 bridgehead atoms. The molecule has 0 amide bonds. The first-order chi connectivity index (χ1) is 8.69. The average Bonchev–Trinajstić information content (AvgIpc) is 2.81. The predicted molar refractivity (Wildman–Crippen MR) is 73.3 cm³/mol. The summed E-state index contributed by atoms with van der Waals surface area (Å²) in [6.45, 7) is 4.95. The molecule has 1 heterocycles. The lowest BCUT2D eigenvalue weighted by molar-refractivity contribution is 0.339. The Kier molecular flexibility index (Phi) is 4.49. The Morgan fingerprint density at radius 2 is 2.06 bits per heavy atom. The molecular weight excluding hydrogens is 294 g/mol. The third-order valence-electron chi connectivity index (χ3n) is 2.64. The van der Waals surface area contributed by atoms with Crippen molar-refractivity contribution < 1.29 is 4.52 Å². The van der Waals surface area contributed by atoms with E-state index in [1.807, 2.05) is 31.2 Å². The molecule has 0 radical (unpaired) electrons. The number of rotatable bonds is 5. The monoisotopic (exact) mass is 309 g/mol. The maximum atomic E-state index is 5.24. The van der Waals surface area contributed by atoms with Crippen molar-refractivity contribution in [1.29, 1.82) is 0 Å². The van der Waals surface area contributed by atoms with E-state index in [0.717, 1.165) is 16.8 Å². The summed E-state index contributed by atoms with van der Waals surface area (Å²) in [5.41, 5.74) is 1.17. The molecule has 18 heavy (non-hydrogen) atoms. The summed E-state index contributed by atoms with van der Waals surface area (Å²) in [5.74, 6) is 1.36. The Hall–Kier alpha value is -1.20. The molecule has 0 saturated heterocycles. The molecule has 0 aliphatic heterocycles. The summed E-state index contributed by atoms with van der Waals surface area (Å²) in [4.78, 5) is 4.39. The van der Waals surface area contributed by atoms with E-state index in [-0.39, 0.29) is 6.04 Å². The summed E-state index contributed by atoms with van der Waals surface area (Å²) >= 11 is 3.41. The average molecular weight is 310 g/mol. The zero-order valence-electron chi connectivity index (χ0n) is 10.5. The summed E-state index contributed by atoms with van der Waals surface area (Å²) in [6.07, 6.45) is 0.690. The third-order valence-corrected chi connectivity index (χ3v) is 3.17. The van der Waals surface area contributed by atoms with Crippen molar-refractivity contribution in [2.45, 2.75) is 26.3 Å². The van der Waals surface area contributed by atoms with Crippen molar-refractivity contribution in [2.75, 3.05) is 6.54 Å². The number of nitrogens with one attached hydrogen (secondary N) is 1. The van der Waals surface area contributed by atoms with Crippen LogP contribution in [0.4, 0.5) is 0 Å². The fraction of sp³-hybridized carbons (Fsp3) is 0.385. The summed E-state index contributed by atoms with van der Waals surface area (Å²) in [6, 6.07) is 8.22. The van der Waals surface area contributed by atoms with Gasteiger partial charge in [-0.1, -0.05) is 40.1 Å². The van der Waals surface area contributed by atoms with Gasteiger partial charge in [-0.2, -0.15) is 4.98 Å². The van der Waals surface area contributed by atoms with Crippen LogP contribution in [0.25, 0.3) is 0 Å². The Morgan fingerprint density at radius 1 is 1.33 bits per heavy atom. The van der Waals surface area contributed by atoms with Crippen molar-refractivity contribution in [3.63, 3.8) is 0 Å². The van der Waals surface area contributed by atoms with Crippen LogP contribution in [0.5, 0.6) is 0 Å². The van der Waals surface area contributed by atoms with E-state index in [4.69, 9.17) is 4.52 Å². The third kappa shape index (κ3) is 3.40. The smallest absolute Gasteiger partial charge is 0.243 e. The minimum absolute atomic E-state index is 0.0983. The predicted octanol–water partition coefficient (Wildman–Crippen LogP) is 3.09. The van der Waals surface area contributed by atoms with Crippen LogP contribution in [-0.2, 0) is 6.42 Å². The minimum atomic E-state index is 0.0983. The number of halogens is 1. The summed E-state index contributed by atoms with van der Waals surface area (Å²) < 4.78 is 6.31. The van der Waals surface area contributed by atoms with Crippen molar-refractivity contribution in [3.05, 3.63) is 46.0 Å². The lowest BCUT2D eigenvalue weighted by Crippen LogP contribution is -2.17. The Morgan fingerprint density at radius 3 is 2.72 bits per heavy atom. The van der Waals surface area contributed by atoms with Gasteiger partial charge in [-0.05, 0) is 31.2 Å². The minimum Gasteiger partial charge on any atom is -0.338 e. The van der Waals surface area contributed by atoms with Gasteiger partial charge < -0.3 is 9.84 Å². The number of hydrogen-bond donors (Lipinski definition) is 1. The lowest BCUT2D eigenvalue weighted by Gasteiger charge is -2.05. The van der Waals surface area contributed by atoms with Crippen LogP contribution in [0.1, 0.15) is 37.2 Å². The highest BCUT2D eigenvalue weighted by atomic mass is 79.9. The topological polar surface area (TPSA) is 51.0 Å². The number of hydrogen-bond acceptors (Lipinski definition) is 4. The molecule has 0 saturated carbocycles. The highest BCUT2D eigenvalue weighted by molar-refractivity contribution is 9.10. The van der Waals surface area contributed by atoms with Crippen molar-refractivity contribution in [1.82, 2.24) is 15.5 Å². The van der Waals surface area contributed by atoms with Gasteiger partial charge in [0, 0.05) is 10.9 Å². The van der Waals surface area contributed by atoms with Gasteiger partial charge in [0.25, 0.3) is 0 Å². The molecule has 4 nitrogen and oxygen atoms in total. The van der Waals surface area contributed by atoms with Crippen LogP contribution in [0.2, 0.25) is 0 Å². The fourth-order valence-electron chi connectivity index (χ4n) is 1.69. The van der Waals surface area contributed by atoms with Crippen LogP contribution < -0.4 is 5.32 Å². The van der Waals surface area contributed by atoms with Crippen LogP contribution in [0.3, 0.4) is 0 Å². The molecule has 0 aliphatic carbocycles. The van der Waals surface area contributed by atoms with Crippen molar-refractivity contribution >= 4 is 15.9 Å². The molecule has 2 aromatic rings. The molecule has 1 atom stereocenters. The maximum absolute atomic E-state index is 5.24. The quantitative estimate of drug-likeness (QED) is 0.922. The van der Waals surface area contributed by atoms with Crippen LogP contribution in [0.15, 0.2) is 33.3 Å². The van der Waals surface area contributed by atoms with E-state index in [2.05, 4.69) is 38.3 Å². The second-order valence-electron chi connectivity index (χ2n) is 4.13. The highest BCUT2D eigenvalue weighted by Gasteiger charge is 2.13. The second-order valence-corrected chi connectivity index (χ2v) is 5.05. The Labute approximate surface area is 115 Å². The molecule has 2 rings (SSSR count). The molecule has 1 unspecified atom stereocenters. The zero-order valence-corrected chi connectivity index (χ0v) is 12.1. The Balaban J connectivity index is 2.04. The molecule has 1 aromatic carbocycles. The van der Waals surface area contributed by atoms with E-state index < -0.39 is 0 Å². The van der Waals surface area contributed by atoms with Gasteiger partial charge in [-0.25, -0.2) is 0 Å². The van der Waals surface area contributed by atoms with Crippen molar-refractivity contribution in [2.24, 2.45) is 0 Å². The van der Waals surface area contributed by atoms with Crippen LogP contribution in [0, 0.1) is 0 Å². The maximum Gasteiger partial charge on any atom is 0.243 e. The van der Waals surface area contributed by atoms with Gasteiger partial charge >= 0.3 is 0 Å². The summed E-state index contributed by atoms with van der Waals surface area (Å²) in [5, 5.41) is 7.24. The molecular formula is C13H16BrN3O. The van der Waals surface area contributed by atoms with Gasteiger partial charge in [0.2, 0.25) is 5.89 Å². The molecule has 1 N–H and O–H groups in total. The van der Waals surface area contributed by atoms with Gasteiger partial charge in [0.15, 0.2) is 5.82 Å². The lowest BCUT2D eigenvalue weighted by atomic mass is 10.1. The standard InChI is InChI=1S/C13H16BrN3O/c1-3-15-9(2)13-16-12(17-18-13)8-10-4-6-11(14)7-5-10/h4-7,9,15H,3,8H2,1-2H3. The molecule has 0 spiro atoms. The van der Waals surface area contributed by atoms with Gasteiger partial charge in [0.05, 0.1) is 6.04 Å². The normalized spacial score (nSPS) is 12.6. The number of nitrogens with zero attached hydrogens (tertiary/aromatic N) is 2. The first-order valence-electron chi connectivity index (χ1n) is 5.99. The first-order valence-corrected chi connectivity index (χ1v) is 6.78. The fourth-order valence-corrected chi connectivity index (χ4v) is 1.96. The van der Waals surface area contributed by atoms with Gasteiger partial charge in [0.1, 0.15) is 0 Å². The molecule has 1 aromatic heterocycles. The van der Waals surface area contributed by atoms with Gasteiger partial charge in [-0.3, -0.25) is 0 Å². The SMILES string of the molecule is CCNC(C)c1nc(Cc2ccc(Br)cc2)no1. The Bertz CT molecular complexity index is 495. The van der Waals surface area contributed by atoms with E-state index in [0.29, 0.717) is 12.3 Å². The zero-order chi connectivity index (χ0) is 13.0. The van der Waals surface area contributed by atoms with E-state index in [1.54, 1.807) is 0 Å². The molecule has 96 valence electrons. The van der Waals surface area contributed by atoms with Crippen LogP contribution >= 0.6 is 15.9 Å². The number of aromatic nitrogens is 2. The van der Waals surface area contributed by atoms with Crippen LogP contribution in [-0.4, -0.2) is 16.7 Å². The van der Waals surface area contributed by atoms with Crippen molar-refractivity contribution in [3.8, 4) is 0 Å².